The number of rotatable bonds is 3. The standard InChI is InChI=1S/C16H16N2O4/c1-17-14(19)13(15(20)18(2)16(17)21)6-4-5-11-7-9-12(22-3)10-8-11/h4-10H,1-3H3. The van der Waals surface area contributed by atoms with Crippen LogP contribution < -0.4 is 4.74 Å². The second kappa shape index (κ2) is 6.26. The molecule has 1 aromatic carbocycles. The summed E-state index contributed by atoms with van der Waals surface area (Å²) in [4.78, 5) is 37.3. The molecule has 1 fully saturated rings. The van der Waals surface area contributed by atoms with Crippen molar-refractivity contribution in [3.05, 3.63) is 47.6 Å². The summed E-state index contributed by atoms with van der Waals surface area (Å²) in [5.41, 5.74) is 0.848. The van der Waals surface area contributed by atoms with Crippen LogP contribution in [0, 0.1) is 0 Å². The van der Waals surface area contributed by atoms with E-state index in [2.05, 4.69) is 0 Å². The molecule has 114 valence electrons. The van der Waals surface area contributed by atoms with Gasteiger partial charge in [-0.1, -0.05) is 24.3 Å². The van der Waals surface area contributed by atoms with Gasteiger partial charge in [0.2, 0.25) is 0 Å². The Kier molecular flexibility index (Phi) is 4.41. The predicted molar refractivity (Wildman–Crippen MR) is 81.0 cm³/mol. The van der Waals surface area contributed by atoms with E-state index in [4.69, 9.17) is 4.74 Å². The third-order valence-corrected chi connectivity index (χ3v) is 3.31. The van der Waals surface area contributed by atoms with Crippen molar-refractivity contribution in [1.82, 2.24) is 9.80 Å². The summed E-state index contributed by atoms with van der Waals surface area (Å²) < 4.78 is 5.06. The third kappa shape index (κ3) is 2.90. The summed E-state index contributed by atoms with van der Waals surface area (Å²) in [5.74, 6) is -0.463. The monoisotopic (exact) mass is 300 g/mol. The number of ether oxygens (including phenoxy) is 1. The van der Waals surface area contributed by atoms with E-state index >= 15 is 0 Å². The van der Waals surface area contributed by atoms with Crippen LogP contribution in [0.3, 0.4) is 0 Å². The van der Waals surface area contributed by atoms with Gasteiger partial charge in [-0.15, -0.1) is 0 Å². The van der Waals surface area contributed by atoms with E-state index in [0.29, 0.717) is 0 Å². The molecule has 1 aromatic rings. The average molecular weight is 300 g/mol. The number of barbiturate groups is 1. The Morgan fingerprint density at radius 2 is 1.50 bits per heavy atom. The fourth-order valence-electron chi connectivity index (χ4n) is 1.96. The minimum Gasteiger partial charge on any atom is -0.497 e. The van der Waals surface area contributed by atoms with Crippen LogP contribution in [-0.4, -0.2) is 48.9 Å². The summed E-state index contributed by atoms with van der Waals surface area (Å²) in [6.45, 7) is 0. The van der Waals surface area contributed by atoms with Crippen LogP contribution in [0.15, 0.2) is 42.0 Å². The van der Waals surface area contributed by atoms with Gasteiger partial charge in [0.15, 0.2) is 0 Å². The third-order valence-electron chi connectivity index (χ3n) is 3.31. The molecule has 6 heteroatoms. The molecule has 6 nitrogen and oxygen atoms in total. The molecule has 0 unspecified atom stereocenters. The van der Waals surface area contributed by atoms with E-state index < -0.39 is 17.8 Å². The SMILES string of the molecule is COc1ccc(C=CC=C2C(=O)N(C)C(=O)N(C)C2=O)cc1. The summed E-state index contributed by atoms with van der Waals surface area (Å²) in [5, 5.41) is 0. The van der Waals surface area contributed by atoms with E-state index in [0.717, 1.165) is 21.1 Å². The molecule has 1 saturated heterocycles. The molecule has 1 heterocycles. The Bertz CT molecular complexity index is 648. The van der Waals surface area contributed by atoms with Crippen molar-refractivity contribution in [1.29, 1.82) is 0 Å². The first-order chi connectivity index (χ1) is 10.5. The number of carbonyl (C=O) groups is 3. The van der Waals surface area contributed by atoms with Gasteiger partial charge >= 0.3 is 6.03 Å². The van der Waals surface area contributed by atoms with Crippen LogP contribution >= 0.6 is 0 Å². The topological polar surface area (TPSA) is 66.9 Å². The van der Waals surface area contributed by atoms with Crippen LogP contribution in [0.4, 0.5) is 4.79 Å². The summed E-state index contributed by atoms with van der Waals surface area (Å²) >= 11 is 0. The lowest BCUT2D eigenvalue weighted by Gasteiger charge is -2.28. The Hall–Kier alpha value is -2.89. The fraction of sp³-hybridized carbons (Fsp3) is 0.188. The molecule has 22 heavy (non-hydrogen) atoms. The van der Waals surface area contributed by atoms with E-state index in [1.807, 2.05) is 24.3 Å². The number of allylic oxidation sites excluding steroid dienone is 2. The minimum absolute atomic E-state index is 0.0469. The molecule has 0 radical (unpaired) electrons. The van der Waals surface area contributed by atoms with Crippen molar-refractivity contribution in [2.24, 2.45) is 0 Å². The molecule has 0 aromatic heterocycles. The molecule has 0 atom stereocenters. The zero-order valence-corrected chi connectivity index (χ0v) is 12.6. The number of hydrogen-bond acceptors (Lipinski definition) is 4. The highest BCUT2D eigenvalue weighted by atomic mass is 16.5. The quantitative estimate of drug-likeness (QED) is 0.629. The largest absolute Gasteiger partial charge is 0.497 e. The van der Waals surface area contributed by atoms with Crippen molar-refractivity contribution in [2.75, 3.05) is 21.2 Å². The van der Waals surface area contributed by atoms with E-state index in [1.54, 1.807) is 19.3 Å². The Morgan fingerprint density at radius 1 is 0.955 bits per heavy atom. The fourth-order valence-corrected chi connectivity index (χ4v) is 1.96. The van der Waals surface area contributed by atoms with E-state index in [-0.39, 0.29) is 5.57 Å². The Labute approximate surface area is 128 Å². The number of carbonyl (C=O) groups excluding carboxylic acids is 3. The van der Waals surface area contributed by atoms with Crippen molar-refractivity contribution < 1.29 is 19.1 Å². The molecule has 0 spiro atoms. The zero-order chi connectivity index (χ0) is 16.3. The molecule has 0 saturated carbocycles. The van der Waals surface area contributed by atoms with E-state index in [1.165, 1.54) is 20.2 Å². The first-order valence-electron chi connectivity index (χ1n) is 6.58. The summed E-state index contributed by atoms with van der Waals surface area (Å²) in [6.07, 6.45) is 4.77. The maximum Gasteiger partial charge on any atom is 0.333 e. The first-order valence-corrected chi connectivity index (χ1v) is 6.58. The highest BCUT2D eigenvalue weighted by Gasteiger charge is 2.37. The maximum atomic E-state index is 12.0. The van der Waals surface area contributed by atoms with Crippen molar-refractivity contribution in [2.45, 2.75) is 0 Å². The molecule has 0 aliphatic carbocycles. The van der Waals surface area contributed by atoms with Gasteiger partial charge in [-0.3, -0.25) is 19.4 Å². The van der Waals surface area contributed by atoms with Gasteiger partial charge in [0.05, 0.1) is 7.11 Å². The van der Waals surface area contributed by atoms with Crippen LogP contribution in [0.25, 0.3) is 6.08 Å². The average Bonchev–Trinajstić information content (AvgIpc) is 2.55. The number of methoxy groups -OCH3 is 1. The number of amides is 4. The minimum atomic E-state index is -0.633. The van der Waals surface area contributed by atoms with Gasteiger partial charge in [-0.2, -0.15) is 0 Å². The Morgan fingerprint density at radius 3 is 2.00 bits per heavy atom. The van der Waals surface area contributed by atoms with Gasteiger partial charge in [0.1, 0.15) is 11.3 Å². The maximum absolute atomic E-state index is 12.0. The van der Waals surface area contributed by atoms with Gasteiger partial charge in [-0.05, 0) is 23.8 Å². The summed E-state index contributed by atoms with van der Waals surface area (Å²) in [6, 6.07) is 6.68. The molecular formula is C16H16N2O4. The molecule has 0 N–H and O–H groups in total. The molecule has 4 amide bonds. The van der Waals surface area contributed by atoms with Gasteiger partial charge in [0.25, 0.3) is 11.8 Å². The number of urea groups is 1. The van der Waals surface area contributed by atoms with Crippen molar-refractivity contribution in [3.63, 3.8) is 0 Å². The molecule has 0 bridgehead atoms. The van der Waals surface area contributed by atoms with Crippen molar-refractivity contribution in [3.8, 4) is 5.75 Å². The lowest BCUT2D eigenvalue weighted by molar-refractivity contribution is -0.134. The molecular weight excluding hydrogens is 284 g/mol. The van der Waals surface area contributed by atoms with Crippen LogP contribution in [-0.2, 0) is 9.59 Å². The number of nitrogens with zero attached hydrogens (tertiary/aromatic N) is 2. The van der Waals surface area contributed by atoms with Crippen molar-refractivity contribution >= 4 is 23.9 Å². The molecule has 1 aliphatic rings. The van der Waals surface area contributed by atoms with Crippen LogP contribution in [0.2, 0.25) is 0 Å². The van der Waals surface area contributed by atoms with Crippen LogP contribution in [0.5, 0.6) is 5.75 Å². The first kappa shape index (κ1) is 15.5. The van der Waals surface area contributed by atoms with Gasteiger partial charge in [0, 0.05) is 14.1 Å². The van der Waals surface area contributed by atoms with Crippen LogP contribution in [0.1, 0.15) is 5.56 Å². The smallest absolute Gasteiger partial charge is 0.333 e. The predicted octanol–water partition coefficient (Wildman–Crippen LogP) is 1.69. The normalized spacial score (nSPS) is 15.8. The Balaban J connectivity index is 2.20. The second-order valence-electron chi connectivity index (χ2n) is 4.72. The molecule has 1 aliphatic heterocycles. The molecule has 2 rings (SSSR count). The lowest BCUT2D eigenvalue weighted by atomic mass is 10.1. The number of benzene rings is 1. The lowest BCUT2D eigenvalue weighted by Crippen LogP contribution is -2.52. The van der Waals surface area contributed by atoms with E-state index in [9.17, 15) is 14.4 Å². The highest BCUT2D eigenvalue weighted by molar-refractivity contribution is 6.28. The van der Waals surface area contributed by atoms with Gasteiger partial charge < -0.3 is 4.74 Å². The van der Waals surface area contributed by atoms with Gasteiger partial charge in [-0.25, -0.2) is 4.79 Å². The summed E-state index contributed by atoms with van der Waals surface area (Å²) in [7, 11) is 4.27. The number of imide groups is 2. The number of likely N-dealkylation sites (N-methyl/N-ethyl adjacent to an activating group) is 2. The second-order valence-corrected chi connectivity index (χ2v) is 4.72. The highest BCUT2D eigenvalue weighted by Crippen LogP contribution is 2.15. The zero-order valence-electron chi connectivity index (χ0n) is 12.6. The number of hydrogen-bond donors (Lipinski definition) is 0.